The standard InChI is InChI=1S/C14H18ClNO/c1-10-8-13(9-11(2)14(10)15)6-4-5-7-16-12(3)17/h4,6,8-9H,5,7H2,1-3H3,(H,16,17). The van der Waals surface area contributed by atoms with Crippen LogP contribution in [0.15, 0.2) is 18.2 Å². The molecule has 0 atom stereocenters. The second-order valence-corrected chi connectivity index (χ2v) is 4.52. The van der Waals surface area contributed by atoms with E-state index in [1.54, 1.807) is 0 Å². The average molecular weight is 252 g/mol. The Morgan fingerprint density at radius 2 is 1.94 bits per heavy atom. The molecule has 1 N–H and O–H groups in total. The van der Waals surface area contributed by atoms with Crippen molar-refractivity contribution in [2.45, 2.75) is 27.2 Å². The minimum Gasteiger partial charge on any atom is -0.356 e. The maximum absolute atomic E-state index is 10.7. The zero-order chi connectivity index (χ0) is 12.8. The summed E-state index contributed by atoms with van der Waals surface area (Å²) in [7, 11) is 0. The maximum atomic E-state index is 10.7. The Morgan fingerprint density at radius 1 is 1.35 bits per heavy atom. The molecule has 0 aromatic heterocycles. The largest absolute Gasteiger partial charge is 0.356 e. The van der Waals surface area contributed by atoms with Crippen LogP contribution in [-0.4, -0.2) is 12.5 Å². The molecule has 0 bridgehead atoms. The molecule has 1 aromatic carbocycles. The molecule has 0 spiro atoms. The van der Waals surface area contributed by atoms with Crippen molar-refractivity contribution in [3.63, 3.8) is 0 Å². The lowest BCUT2D eigenvalue weighted by Crippen LogP contribution is -2.20. The van der Waals surface area contributed by atoms with Crippen molar-refractivity contribution in [1.29, 1.82) is 0 Å². The Hall–Kier alpha value is -1.28. The fourth-order valence-electron chi connectivity index (χ4n) is 1.63. The highest BCUT2D eigenvalue weighted by atomic mass is 35.5. The fourth-order valence-corrected chi connectivity index (χ4v) is 1.74. The number of carbonyl (C=O) groups excluding carboxylic acids is 1. The lowest BCUT2D eigenvalue weighted by Gasteiger charge is -2.04. The second-order valence-electron chi connectivity index (χ2n) is 4.14. The van der Waals surface area contributed by atoms with Crippen LogP contribution in [0, 0.1) is 13.8 Å². The first-order chi connectivity index (χ1) is 8.00. The minimum absolute atomic E-state index is 0.0107. The van der Waals surface area contributed by atoms with Crippen LogP contribution in [0.2, 0.25) is 5.02 Å². The van der Waals surface area contributed by atoms with Gasteiger partial charge in [0, 0.05) is 18.5 Å². The van der Waals surface area contributed by atoms with Gasteiger partial charge in [-0.05, 0) is 37.0 Å². The molecule has 0 unspecified atom stereocenters. The molecule has 0 heterocycles. The number of halogens is 1. The van der Waals surface area contributed by atoms with Crippen molar-refractivity contribution >= 4 is 23.6 Å². The summed E-state index contributed by atoms with van der Waals surface area (Å²) in [5.74, 6) is 0.0107. The van der Waals surface area contributed by atoms with Crippen LogP contribution in [-0.2, 0) is 4.79 Å². The van der Waals surface area contributed by atoms with Gasteiger partial charge in [0.1, 0.15) is 0 Å². The number of benzene rings is 1. The van der Waals surface area contributed by atoms with E-state index in [2.05, 4.69) is 29.6 Å². The molecule has 0 saturated carbocycles. The minimum atomic E-state index is 0.0107. The average Bonchev–Trinajstić information content (AvgIpc) is 2.25. The van der Waals surface area contributed by atoms with Crippen molar-refractivity contribution in [3.8, 4) is 0 Å². The molecule has 0 saturated heterocycles. The van der Waals surface area contributed by atoms with Gasteiger partial charge in [-0.15, -0.1) is 0 Å². The monoisotopic (exact) mass is 251 g/mol. The van der Waals surface area contributed by atoms with Crippen LogP contribution in [0.5, 0.6) is 0 Å². The molecule has 2 nitrogen and oxygen atoms in total. The molecule has 0 aliphatic carbocycles. The summed E-state index contributed by atoms with van der Waals surface area (Å²) < 4.78 is 0. The molecule has 0 aliphatic rings. The Labute approximate surface area is 108 Å². The van der Waals surface area contributed by atoms with Gasteiger partial charge < -0.3 is 5.32 Å². The van der Waals surface area contributed by atoms with Gasteiger partial charge in [-0.3, -0.25) is 4.79 Å². The van der Waals surface area contributed by atoms with Crippen molar-refractivity contribution in [1.82, 2.24) is 5.32 Å². The van der Waals surface area contributed by atoms with Crippen molar-refractivity contribution < 1.29 is 4.79 Å². The molecule has 0 fully saturated rings. The van der Waals surface area contributed by atoms with Gasteiger partial charge in [0.05, 0.1) is 0 Å². The van der Waals surface area contributed by atoms with E-state index >= 15 is 0 Å². The van der Waals surface area contributed by atoms with Gasteiger partial charge in [-0.25, -0.2) is 0 Å². The SMILES string of the molecule is CC(=O)NCCC=Cc1cc(C)c(Cl)c(C)c1. The fraction of sp³-hybridized carbons (Fsp3) is 0.357. The van der Waals surface area contributed by atoms with Crippen LogP contribution in [0.1, 0.15) is 30.0 Å². The highest BCUT2D eigenvalue weighted by Gasteiger charge is 2.00. The van der Waals surface area contributed by atoms with E-state index < -0.39 is 0 Å². The summed E-state index contributed by atoms with van der Waals surface area (Å²) in [5, 5.41) is 3.59. The van der Waals surface area contributed by atoms with Crippen molar-refractivity contribution in [3.05, 3.63) is 39.9 Å². The number of aryl methyl sites for hydroxylation is 2. The number of carbonyl (C=O) groups is 1. The molecular weight excluding hydrogens is 234 g/mol. The summed E-state index contributed by atoms with van der Waals surface area (Å²) >= 11 is 6.10. The molecular formula is C14H18ClNO. The van der Waals surface area contributed by atoms with E-state index in [1.165, 1.54) is 6.92 Å². The number of amides is 1. The van der Waals surface area contributed by atoms with Crippen molar-refractivity contribution in [2.75, 3.05) is 6.54 Å². The van der Waals surface area contributed by atoms with E-state index in [0.29, 0.717) is 6.54 Å². The number of nitrogens with one attached hydrogen (secondary N) is 1. The summed E-state index contributed by atoms with van der Waals surface area (Å²) in [6.07, 6.45) is 4.94. The van der Waals surface area contributed by atoms with E-state index in [-0.39, 0.29) is 5.91 Å². The summed E-state index contributed by atoms with van der Waals surface area (Å²) in [6.45, 7) is 6.21. The molecule has 0 radical (unpaired) electrons. The Kier molecular flexibility index (Phi) is 5.23. The number of hydrogen-bond acceptors (Lipinski definition) is 1. The van der Waals surface area contributed by atoms with Crippen LogP contribution in [0.25, 0.3) is 6.08 Å². The Bertz CT molecular complexity index is 415. The summed E-state index contributed by atoms with van der Waals surface area (Å²) in [6, 6.07) is 4.12. The third-order valence-electron chi connectivity index (χ3n) is 2.45. The number of hydrogen-bond donors (Lipinski definition) is 1. The first-order valence-corrected chi connectivity index (χ1v) is 6.06. The van der Waals surface area contributed by atoms with Gasteiger partial charge in [0.25, 0.3) is 0 Å². The van der Waals surface area contributed by atoms with Crippen molar-refractivity contribution in [2.24, 2.45) is 0 Å². The van der Waals surface area contributed by atoms with E-state index in [0.717, 1.165) is 28.1 Å². The van der Waals surface area contributed by atoms with Gasteiger partial charge >= 0.3 is 0 Å². The van der Waals surface area contributed by atoms with Gasteiger partial charge in [-0.2, -0.15) is 0 Å². The van der Waals surface area contributed by atoms with E-state index in [4.69, 9.17) is 11.6 Å². The third kappa shape index (κ3) is 4.61. The van der Waals surface area contributed by atoms with Crippen LogP contribution in [0.4, 0.5) is 0 Å². The van der Waals surface area contributed by atoms with E-state index in [9.17, 15) is 4.79 Å². The molecule has 1 amide bonds. The van der Waals surface area contributed by atoms with E-state index in [1.807, 2.05) is 13.8 Å². The molecule has 0 aliphatic heterocycles. The molecule has 92 valence electrons. The predicted octanol–water partition coefficient (Wildman–Crippen LogP) is 3.50. The zero-order valence-electron chi connectivity index (χ0n) is 10.5. The lowest BCUT2D eigenvalue weighted by molar-refractivity contribution is -0.118. The maximum Gasteiger partial charge on any atom is 0.216 e. The molecule has 1 aromatic rings. The quantitative estimate of drug-likeness (QED) is 0.816. The summed E-state index contributed by atoms with van der Waals surface area (Å²) in [5.41, 5.74) is 3.33. The first kappa shape index (κ1) is 13.8. The Balaban J connectivity index is 2.57. The third-order valence-corrected chi connectivity index (χ3v) is 3.05. The first-order valence-electron chi connectivity index (χ1n) is 5.68. The molecule has 3 heteroatoms. The lowest BCUT2D eigenvalue weighted by atomic mass is 10.1. The molecule has 17 heavy (non-hydrogen) atoms. The predicted molar refractivity (Wildman–Crippen MR) is 73.3 cm³/mol. The van der Waals surface area contributed by atoms with Gasteiger partial charge in [0.15, 0.2) is 0 Å². The van der Waals surface area contributed by atoms with Gasteiger partial charge in [0.2, 0.25) is 5.91 Å². The zero-order valence-corrected chi connectivity index (χ0v) is 11.3. The van der Waals surface area contributed by atoms with Crippen LogP contribution >= 0.6 is 11.6 Å². The molecule has 1 rings (SSSR count). The number of rotatable bonds is 4. The van der Waals surface area contributed by atoms with Crippen LogP contribution < -0.4 is 5.32 Å². The smallest absolute Gasteiger partial charge is 0.216 e. The highest BCUT2D eigenvalue weighted by Crippen LogP contribution is 2.22. The summed E-state index contributed by atoms with van der Waals surface area (Å²) in [4.78, 5) is 10.7. The Morgan fingerprint density at radius 3 is 2.47 bits per heavy atom. The second kappa shape index (κ2) is 6.45. The highest BCUT2D eigenvalue weighted by molar-refractivity contribution is 6.32. The topological polar surface area (TPSA) is 29.1 Å². The normalized spacial score (nSPS) is 10.8. The van der Waals surface area contributed by atoms with Crippen LogP contribution in [0.3, 0.4) is 0 Å². The van der Waals surface area contributed by atoms with Gasteiger partial charge in [-0.1, -0.05) is 35.9 Å².